The molecule has 0 saturated carbocycles. The van der Waals surface area contributed by atoms with Gasteiger partial charge in [-0.05, 0) is 24.6 Å². The second-order valence-corrected chi connectivity index (χ2v) is 6.24. The van der Waals surface area contributed by atoms with Crippen LogP contribution in [0.3, 0.4) is 0 Å². The zero-order valence-electron chi connectivity index (χ0n) is 16.5. The summed E-state index contributed by atoms with van der Waals surface area (Å²) in [5.74, 6) is -1.30. The van der Waals surface area contributed by atoms with Crippen LogP contribution >= 0.6 is 0 Å². The van der Waals surface area contributed by atoms with E-state index in [4.69, 9.17) is 20.4 Å². The molecule has 3 heterocycles. The van der Waals surface area contributed by atoms with Crippen molar-refractivity contribution in [2.45, 2.75) is 19.9 Å². The van der Waals surface area contributed by atoms with Crippen molar-refractivity contribution in [3.63, 3.8) is 0 Å². The summed E-state index contributed by atoms with van der Waals surface area (Å²) < 4.78 is 2.89. The number of aliphatic carboxylic acids is 1. The predicted octanol–water partition coefficient (Wildman–Crippen LogP) is 0.518. The van der Waals surface area contributed by atoms with Crippen LogP contribution in [0.15, 0.2) is 47.9 Å². The Morgan fingerprint density at radius 2 is 2.07 bits per heavy atom. The molecule has 0 aliphatic carbocycles. The normalized spacial score (nSPS) is 10.3. The Kier molecular flexibility index (Phi) is 7.59. The molecule has 0 spiro atoms. The van der Waals surface area contributed by atoms with E-state index >= 15 is 0 Å². The summed E-state index contributed by atoms with van der Waals surface area (Å²) in [5.41, 5.74) is 0.471. The fourth-order valence-corrected chi connectivity index (χ4v) is 2.77. The maximum absolute atomic E-state index is 12.9. The number of rotatable bonds is 6. The largest absolute Gasteiger partial charge is 0.481 e. The highest BCUT2D eigenvalue weighted by atomic mass is 16.4. The van der Waals surface area contributed by atoms with Gasteiger partial charge in [0.1, 0.15) is 16.8 Å². The Morgan fingerprint density at radius 3 is 2.70 bits per heavy atom. The van der Waals surface area contributed by atoms with Gasteiger partial charge in [-0.3, -0.25) is 24.2 Å². The lowest BCUT2D eigenvalue weighted by Crippen LogP contribution is -2.35. The molecule has 3 aromatic rings. The van der Waals surface area contributed by atoms with Crippen molar-refractivity contribution in [2.24, 2.45) is 0 Å². The smallest absolute Gasteiger partial charge is 0.300 e. The third-order valence-corrected chi connectivity index (χ3v) is 4.01. The van der Waals surface area contributed by atoms with E-state index in [1.165, 1.54) is 21.1 Å². The minimum atomic E-state index is -0.833. The Balaban J connectivity index is 0.000000735. The van der Waals surface area contributed by atoms with Crippen LogP contribution in [0.5, 0.6) is 0 Å². The number of nitrogens with one attached hydrogen (secondary N) is 2. The Labute approximate surface area is 171 Å². The van der Waals surface area contributed by atoms with Crippen LogP contribution in [0.2, 0.25) is 0 Å². The van der Waals surface area contributed by atoms with Crippen LogP contribution in [0, 0.1) is 5.41 Å². The van der Waals surface area contributed by atoms with Crippen molar-refractivity contribution < 1.29 is 19.8 Å². The SMILES string of the molecule is C=CCNC(=O)c1cc2c(=O)n3ccccc3nc2n(CCCO)c1=N.CC(=O)O. The van der Waals surface area contributed by atoms with E-state index in [0.717, 1.165) is 6.92 Å². The first-order valence-electron chi connectivity index (χ1n) is 9.10. The highest BCUT2D eigenvalue weighted by Crippen LogP contribution is 2.10. The summed E-state index contributed by atoms with van der Waals surface area (Å²) in [5, 5.41) is 27.8. The molecular weight excluding hydrogens is 390 g/mol. The van der Waals surface area contributed by atoms with E-state index in [0.29, 0.717) is 17.7 Å². The van der Waals surface area contributed by atoms with Crippen molar-refractivity contribution in [2.75, 3.05) is 13.2 Å². The van der Waals surface area contributed by atoms with E-state index in [1.54, 1.807) is 24.4 Å². The van der Waals surface area contributed by atoms with Crippen molar-refractivity contribution in [3.8, 4) is 0 Å². The van der Waals surface area contributed by atoms with E-state index in [2.05, 4.69) is 16.9 Å². The van der Waals surface area contributed by atoms with Gasteiger partial charge in [-0.1, -0.05) is 12.1 Å². The van der Waals surface area contributed by atoms with Crippen LogP contribution in [0.25, 0.3) is 16.7 Å². The van der Waals surface area contributed by atoms with Gasteiger partial charge in [0.05, 0.1) is 10.9 Å². The molecule has 0 aliphatic heterocycles. The molecule has 0 radical (unpaired) electrons. The van der Waals surface area contributed by atoms with Gasteiger partial charge in [0.2, 0.25) is 0 Å². The predicted molar refractivity (Wildman–Crippen MR) is 110 cm³/mol. The monoisotopic (exact) mass is 413 g/mol. The first-order chi connectivity index (χ1) is 14.3. The van der Waals surface area contributed by atoms with Crippen LogP contribution in [0.4, 0.5) is 0 Å². The van der Waals surface area contributed by atoms with Crippen molar-refractivity contribution in [1.29, 1.82) is 5.41 Å². The van der Waals surface area contributed by atoms with Gasteiger partial charge in [0.15, 0.2) is 0 Å². The minimum Gasteiger partial charge on any atom is -0.481 e. The number of hydrogen-bond acceptors (Lipinski definition) is 6. The van der Waals surface area contributed by atoms with Crippen LogP contribution in [-0.2, 0) is 11.3 Å². The minimum absolute atomic E-state index is 0.0558. The van der Waals surface area contributed by atoms with Gasteiger partial charge in [0.25, 0.3) is 17.4 Å². The van der Waals surface area contributed by atoms with Gasteiger partial charge < -0.3 is 20.1 Å². The molecule has 10 heteroatoms. The van der Waals surface area contributed by atoms with Crippen LogP contribution in [0.1, 0.15) is 23.7 Å². The average molecular weight is 413 g/mol. The number of carbonyl (C=O) groups excluding carboxylic acids is 1. The zero-order chi connectivity index (χ0) is 22.3. The van der Waals surface area contributed by atoms with E-state index in [1.807, 2.05) is 0 Å². The lowest BCUT2D eigenvalue weighted by atomic mass is 10.2. The third kappa shape index (κ3) is 4.97. The molecule has 0 saturated heterocycles. The van der Waals surface area contributed by atoms with Crippen molar-refractivity contribution in [3.05, 3.63) is 64.5 Å². The quantitative estimate of drug-likeness (QED) is 0.342. The highest BCUT2D eigenvalue weighted by molar-refractivity contribution is 5.96. The number of fused-ring (bicyclic) bond motifs is 2. The van der Waals surface area contributed by atoms with Gasteiger partial charge >= 0.3 is 0 Å². The number of aryl methyl sites for hydroxylation is 1. The van der Waals surface area contributed by atoms with E-state index in [-0.39, 0.29) is 41.7 Å². The molecule has 0 unspecified atom stereocenters. The third-order valence-electron chi connectivity index (χ3n) is 4.01. The first-order valence-corrected chi connectivity index (χ1v) is 9.10. The fourth-order valence-electron chi connectivity index (χ4n) is 2.77. The summed E-state index contributed by atoms with van der Waals surface area (Å²) in [7, 11) is 0. The van der Waals surface area contributed by atoms with Gasteiger partial charge in [-0.25, -0.2) is 4.98 Å². The number of carboxylic acids is 1. The van der Waals surface area contributed by atoms with Crippen LogP contribution < -0.4 is 16.4 Å². The molecule has 3 rings (SSSR count). The number of aromatic nitrogens is 3. The number of carbonyl (C=O) groups is 2. The molecule has 0 atom stereocenters. The molecule has 158 valence electrons. The number of nitrogens with zero attached hydrogens (tertiary/aromatic N) is 3. The number of carboxylic acid groups (broad SMARTS) is 1. The Morgan fingerprint density at radius 1 is 1.37 bits per heavy atom. The van der Waals surface area contributed by atoms with Crippen LogP contribution in [-0.4, -0.2) is 49.2 Å². The molecule has 3 aromatic heterocycles. The highest BCUT2D eigenvalue weighted by Gasteiger charge is 2.16. The summed E-state index contributed by atoms with van der Waals surface area (Å²) in [6, 6.07) is 6.59. The van der Waals surface area contributed by atoms with Gasteiger partial charge in [0, 0.05) is 32.8 Å². The van der Waals surface area contributed by atoms with Gasteiger partial charge in [-0.15, -0.1) is 6.58 Å². The summed E-state index contributed by atoms with van der Waals surface area (Å²) in [6.45, 7) is 5.07. The first kappa shape index (κ1) is 22.5. The lowest BCUT2D eigenvalue weighted by molar-refractivity contribution is -0.134. The molecule has 10 nitrogen and oxygen atoms in total. The topological polar surface area (TPSA) is 150 Å². The molecule has 4 N–H and O–H groups in total. The standard InChI is InChI=1S/C18H19N5O3.C2H4O2/c1-2-7-20-17(25)12-11-13-16(23(15(12)19)9-5-10-24)21-14-6-3-4-8-22(14)18(13)26;1-2(3)4/h2-4,6,8,11,19,24H,1,5,7,9-10H2,(H,20,25);1H3,(H,3,4). The summed E-state index contributed by atoms with van der Waals surface area (Å²) in [4.78, 5) is 38.8. The molecular formula is C20H23N5O5. The Bertz CT molecular complexity index is 1210. The number of aliphatic hydroxyl groups is 1. The van der Waals surface area contributed by atoms with Gasteiger partial charge in [-0.2, -0.15) is 0 Å². The lowest BCUT2D eigenvalue weighted by Gasteiger charge is -2.14. The van der Waals surface area contributed by atoms with Crippen molar-refractivity contribution in [1.82, 2.24) is 19.3 Å². The van der Waals surface area contributed by atoms with E-state index in [9.17, 15) is 9.59 Å². The van der Waals surface area contributed by atoms with E-state index < -0.39 is 11.9 Å². The number of aliphatic hydroxyl groups excluding tert-OH is 1. The molecule has 30 heavy (non-hydrogen) atoms. The molecule has 0 bridgehead atoms. The zero-order valence-corrected chi connectivity index (χ0v) is 16.5. The maximum atomic E-state index is 12.9. The summed E-state index contributed by atoms with van der Waals surface area (Å²) >= 11 is 0. The Hall–Kier alpha value is -3.79. The molecule has 0 aliphatic rings. The average Bonchev–Trinajstić information content (AvgIpc) is 2.71. The molecule has 0 fully saturated rings. The number of amides is 1. The second kappa shape index (κ2) is 10.1. The molecule has 1 amide bonds. The van der Waals surface area contributed by atoms with Crippen molar-refractivity contribution >= 4 is 28.6 Å². The second-order valence-electron chi connectivity index (χ2n) is 6.24. The fraction of sp³-hybridized carbons (Fsp3) is 0.250. The maximum Gasteiger partial charge on any atom is 0.300 e. The number of hydrogen-bond donors (Lipinski definition) is 4. The summed E-state index contributed by atoms with van der Waals surface area (Å²) in [6.07, 6.45) is 3.51. The number of pyridine rings is 2. The molecule has 0 aromatic carbocycles.